The normalized spacial score (nSPS) is 16.0. The van der Waals surface area contributed by atoms with E-state index in [1.165, 1.54) is 9.75 Å². The number of nitrogens with two attached hydrogens (primary N) is 1. The van der Waals surface area contributed by atoms with Crippen molar-refractivity contribution in [3.05, 3.63) is 21.9 Å². The van der Waals surface area contributed by atoms with Crippen molar-refractivity contribution in [1.29, 1.82) is 0 Å². The van der Waals surface area contributed by atoms with Gasteiger partial charge in [-0.2, -0.15) is 0 Å². The van der Waals surface area contributed by atoms with Crippen molar-refractivity contribution in [2.45, 2.75) is 32.6 Å². The van der Waals surface area contributed by atoms with Crippen LogP contribution < -0.4 is 5.73 Å². The first-order chi connectivity index (χ1) is 5.62. The molecule has 0 saturated heterocycles. The highest BCUT2D eigenvalue weighted by molar-refractivity contribution is 7.12. The van der Waals surface area contributed by atoms with Gasteiger partial charge in [-0.1, -0.05) is 13.8 Å². The van der Waals surface area contributed by atoms with Crippen LogP contribution >= 0.6 is 11.3 Å². The smallest absolute Gasteiger partial charge is 0.0139 e. The van der Waals surface area contributed by atoms with Gasteiger partial charge in [-0.15, -0.1) is 11.3 Å². The highest BCUT2D eigenvalue weighted by Gasteiger charge is 2.23. The van der Waals surface area contributed by atoms with Crippen LogP contribution in [0.5, 0.6) is 0 Å². The Hall–Kier alpha value is -0.340. The van der Waals surface area contributed by atoms with E-state index in [-0.39, 0.29) is 5.41 Å². The second-order valence-electron chi connectivity index (χ2n) is 3.53. The fourth-order valence-corrected chi connectivity index (χ4v) is 2.27. The molecular formula is C10H17NS. The molecule has 0 aliphatic carbocycles. The van der Waals surface area contributed by atoms with E-state index in [1.807, 2.05) is 11.3 Å². The molecule has 1 aromatic heterocycles. The molecule has 0 bridgehead atoms. The Labute approximate surface area is 78.6 Å². The summed E-state index contributed by atoms with van der Waals surface area (Å²) < 4.78 is 0. The lowest BCUT2D eigenvalue weighted by atomic mass is 9.86. The molecule has 2 N–H and O–H groups in total. The molecule has 0 aliphatic rings. The van der Waals surface area contributed by atoms with Gasteiger partial charge in [0.05, 0.1) is 0 Å². The number of hydrogen-bond acceptors (Lipinski definition) is 2. The van der Waals surface area contributed by atoms with Crippen LogP contribution in [0.15, 0.2) is 12.1 Å². The zero-order valence-corrected chi connectivity index (χ0v) is 8.87. The summed E-state index contributed by atoms with van der Waals surface area (Å²) in [7, 11) is 0. The molecule has 0 spiro atoms. The van der Waals surface area contributed by atoms with E-state index in [4.69, 9.17) is 5.73 Å². The molecule has 0 fully saturated rings. The maximum atomic E-state index is 5.77. The third kappa shape index (κ3) is 1.70. The van der Waals surface area contributed by atoms with Crippen molar-refractivity contribution in [1.82, 2.24) is 0 Å². The van der Waals surface area contributed by atoms with E-state index in [0.29, 0.717) is 0 Å². The summed E-state index contributed by atoms with van der Waals surface area (Å²) in [6.45, 7) is 7.31. The summed E-state index contributed by atoms with van der Waals surface area (Å²) in [4.78, 5) is 2.79. The molecule has 1 heterocycles. The first kappa shape index (κ1) is 9.75. The lowest BCUT2D eigenvalue weighted by molar-refractivity contribution is 0.476. The second kappa shape index (κ2) is 3.58. The third-order valence-electron chi connectivity index (χ3n) is 2.57. The molecule has 1 unspecified atom stereocenters. The Morgan fingerprint density at radius 3 is 2.50 bits per heavy atom. The average molecular weight is 183 g/mol. The highest BCUT2D eigenvalue weighted by Crippen LogP contribution is 2.31. The van der Waals surface area contributed by atoms with Crippen molar-refractivity contribution in [3.8, 4) is 0 Å². The van der Waals surface area contributed by atoms with E-state index in [2.05, 4.69) is 32.9 Å². The molecule has 0 aliphatic heterocycles. The van der Waals surface area contributed by atoms with E-state index < -0.39 is 0 Å². The molecule has 1 aromatic rings. The van der Waals surface area contributed by atoms with Crippen molar-refractivity contribution >= 4 is 11.3 Å². The van der Waals surface area contributed by atoms with Gasteiger partial charge in [-0.05, 0) is 25.5 Å². The molecule has 68 valence electrons. The molecule has 1 atom stereocenters. The van der Waals surface area contributed by atoms with Crippen LogP contribution in [-0.2, 0) is 5.41 Å². The fourth-order valence-electron chi connectivity index (χ4n) is 1.18. The zero-order chi connectivity index (χ0) is 9.19. The summed E-state index contributed by atoms with van der Waals surface area (Å²) in [5.74, 6) is 0. The van der Waals surface area contributed by atoms with Crippen LogP contribution in [0.4, 0.5) is 0 Å². The SMILES string of the molecule is CCC(C)(CN)c1ccc(C)s1. The molecule has 0 radical (unpaired) electrons. The highest BCUT2D eigenvalue weighted by atomic mass is 32.1. The van der Waals surface area contributed by atoms with Crippen molar-refractivity contribution < 1.29 is 0 Å². The number of thiophene rings is 1. The molecule has 1 nitrogen and oxygen atoms in total. The second-order valence-corrected chi connectivity index (χ2v) is 4.82. The first-order valence-corrected chi connectivity index (χ1v) is 5.21. The van der Waals surface area contributed by atoms with E-state index in [0.717, 1.165) is 13.0 Å². The van der Waals surface area contributed by atoms with E-state index in [1.54, 1.807) is 0 Å². The lowest BCUT2D eigenvalue weighted by Gasteiger charge is -2.24. The van der Waals surface area contributed by atoms with Crippen LogP contribution in [0.25, 0.3) is 0 Å². The van der Waals surface area contributed by atoms with Crippen LogP contribution in [0.1, 0.15) is 30.0 Å². The van der Waals surface area contributed by atoms with Crippen molar-refractivity contribution in [2.75, 3.05) is 6.54 Å². The van der Waals surface area contributed by atoms with Gasteiger partial charge in [0, 0.05) is 21.7 Å². The molecule has 12 heavy (non-hydrogen) atoms. The van der Waals surface area contributed by atoms with Crippen LogP contribution in [0, 0.1) is 6.92 Å². The zero-order valence-electron chi connectivity index (χ0n) is 8.05. The lowest BCUT2D eigenvalue weighted by Crippen LogP contribution is -2.29. The van der Waals surface area contributed by atoms with Gasteiger partial charge < -0.3 is 5.73 Å². The van der Waals surface area contributed by atoms with Gasteiger partial charge in [-0.3, -0.25) is 0 Å². The van der Waals surface area contributed by atoms with Gasteiger partial charge in [0.1, 0.15) is 0 Å². The first-order valence-electron chi connectivity index (χ1n) is 4.39. The summed E-state index contributed by atoms with van der Waals surface area (Å²) in [6, 6.07) is 4.37. The van der Waals surface area contributed by atoms with E-state index in [9.17, 15) is 0 Å². The van der Waals surface area contributed by atoms with Crippen LogP contribution in [0.3, 0.4) is 0 Å². The minimum absolute atomic E-state index is 0.193. The predicted molar refractivity (Wildman–Crippen MR) is 55.8 cm³/mol. The molecule has 0 amide bonds. The van der Waals surface area contributed by atoms with Crippen molar-refractivity contribution in [2.24, 2.45) is 5.73 Å². The van der Waals surface area contributed by atoms with Crippen molar-refractivity contribution in [3.63, 3.8) is 0 Å². The van der Waals surface area contributed by atoms with Crippen LogP contribution in [0.2, 0.25) is 0 Å². The third-order valence-corrected chi connectivity index (χ3v) is 3.87. The average Bonchev–Trinajstić information content (AvgIpc) is 2.51. The summed E-state index contributed by atoms with van der Waals surface area (Å²) >= 11 is 1.86. The minimum Gasteiger partial charge on any atom is -0.330 e. The summed E-state index contributed by atoms with van der Waals surface area (Å²) in [5.41, 5.74) is 5.96. The molecular weight excluding hydrogens is 166 g/mol. The van der Waals surface area contributed by atoms with Gasteiger partial charge in [0.25, 0.3) is 0 Å². The van der Waals surface area contributed by atoms with Gasteiger partial charge in [-0.25, -0.2) is 0 Å². The Bertz CT molecular complexity index is 248. The predicted octanol–water partition coefficient (Wildman–Crippen LogP) is 2.68. The fraction of sp³-hybridized carbons (Fsp3) is 0.600. The van der Waals surface area contributed by atoms with Crippen LogP contribution in [-0.4, -0.2) is 6.54 Å². The Morgan fingerprint density at radius 2 is 2.17 bits per heavy atom. The summed E-state index contributed by atoms with van der Waals surface area (Å²) in [6.07, 6.45) is 1.11. The molecule has 0 saturated carbocycles. The minimum atomic E-state index is 0.193. The quantitative estimate of drug-likeness (QED) is 0.766. The summed E-state index contributed by atoms with van der Waals surface area (Å²) in [5, 5.41) is 0. The van der Waals surface area contributed by atoms with Gasteiger partial charge >= 0.3 is 0 Å². The standard InChI is InChI=1S/C10H17NS/c1-4-10(3,7-11)9-6-5-8(2)12-9/h5-6H,4,7,11H2,1-3H3. The largest absolute Gasteiger partial charge is 0.330 e. The topological polar surface area (TPSA) is 26.0 Å². The van der Waals surface area contributed by atoms with Gasteiger partial charge in [0.15, 0.2) is 0 Å². The number of aryl methyl sites for hydroxylation is 1. The van der Waals surface area contributed by atoms with Gasteiger partial charge in [0.2, 0.25) is 0 Å². The maximum absolute atomic E-state index is 5.77. The Balaban J connectivity index is 2.94. The monoisotopic (exact) mass is 183 g/mol. The maximum Gasteiger partial charge on any atom is 0.0139 e. The number of rotatable bonds is 3. The number of hydrogen-bond donors (Lipinski definition) is 1. The molecule has 2 heteroatoms. The molecule has 1 rings (SSSR count). The molecule has 0 aromatic carbocycles. The Morgan fingerprint density at radius 1 is 1.50 bits per heavy atom. The van der Waals surface area contributed by atoms with E-state index >= 15 is 0 Å². The Kier molecular flexibility index (Phi) is 2.91.